The third kappa shape index (κ3) is 1.58. The summed E-state index contributed by atoms with van der Waals surface area (Å²) in [6.45, 7) is 4.83. The predicted molar refractivity (Wildman–Crippen MR) is 77.4 cm³/mol. The largest absolute Gasteiger partial charge is 0.332 e. The number of aryl methyl sites for hydroxylation is 1. The minimum atomic E-state index is -0.123. The van der Waals surface area contributed by atoms with E-state index in [4.69, 9.17) is 0 Å². The van der Waals surface area contributed by atoms with Crippen molar-refractivity contribution in [2.24, 2.45) is 29.2 Å². The number of hydrogen-bond acceptors (Lipinski definition) is 2. The maximum Gasteiger partial charge on any atom is 0.204 e. The van der Waals surface area contributed by atoms with E-state index in [1.807, 2.05) is 17.8 Å². The fourth-order valence-corrected chi connectivity index (χ4v) is 6.52. The normalized spacial score (nSPS) is 45.9. The summed E-state index contributed by atoms with van der Waals surface area (Å²) in [6, 6.07) is 0. The van der Waals surface area contributed by atoms with E-state index in [0.29, 0.717) is 22.4 Å². The molecule has 5 rings (SSSR count). The zero-order valence-corrected chi connectivity index (χ0v) is 12.8. The number of rotatable bonds is 2. The molecule has 1 aromatic rings. The van der Waals surface area contributed by atoms with Gasteiger partial charge in [0.25, 0.3) is 0 Å². The third-order valence-electron chi connectivity index (χ3n) is 6.13. The molecular formula is C17H24N2O. The highest BCUT2D eigenvalue weighted by atomic mass is 16.1. The Balaban J connectivity index is 1.78. The van der Waals surface area contributed by atoms with Crippen molar-refractivity contribution in [3.63, 3.8) is 0 Å². The lowest BCUT2D eigenvalue weighted by Crippen LogP contribution is -2.57. The van der Waals surface area contributed by atoms with Gasteiger partial charge >= 0.3 is 0 Å². The van der Waals surface area contributed by atoms with Crippen LogP contribution in [-0.4, -0.2) is 15.3 Å². The Bertz CT molecular complexity index is 570. The molecule has 0 saturated heterocycles. The van der Waals surface area contributed by atoms with Gasteiger partial charge in [0.15, 0.2) is 5.82 Å². The number of ketones is 1. The first-order valence-electron chi connectivity index (χ1n) is 7.86. The van der Waals surface area contributed by atoms with Crippen molar-refractivity contribution >= 4 is 5.78 Å². The molecule has 4 fully saturated rings. The van der Waals surface area contributed by atoms with Crippen LogP contribution in [0, 0.1) is 22.2 Å². The molecule has 4 saturated carbocycles. The van der Waals surface area contributed by atoms with Crippen molar-refractivity contribution in [1.29, 1.82) is 0 Å². The number of imidazole rings is 1. The molecule has 2 atom stereocenters. The van der Waals surface area contributed by atoms with Crippen molar-refractivity contribution in [1.82, 2.24) is 9.55 Å². The highest BCUT2D eigenvalue weighted by Crippen LogP contribution is 2.70. The smallest absolute Gasteiger partial charge is 0.204 e. The van der Waals surface area contributed by atoms with Crippen LogP contribution in [0.25, 0.3) is 0 Å². The van der Waals surface area contributed by atoms with Gasteiger partial charge in [0, 0.05) is 24.9 Å². The van der Waals surface area contributed by atoms with Gasteiger partial charge in [-0.1, -0.05) is 13.8 Å². The lowest BCUT2D eigenvalue weighted by molar-refractivity contribution is -0.126. The van der Waals surface area contributed by atoms with E-state index in [-0.39, 0.29) is 5.41 Å². The lowest BCUT2D eigenvalue weighted by Gasteiger charge is -2.64. The second-order valence-electron chi connectivity index (χ2n) is 8.60. The summed E-state index contributed by atoms with van der Waals surface area (Å²) in [5, 5.41) is 0. The maximum atomic E-state index is 13.2. The maximum absolute atomic E-state index is 13.2. The average molecular weight is 272 g/mol. The quantitative estimate of drug-likeness (QED) is 0.771. The molecule has 1 heterocycles. The van der Waals surface area contributed by atoms with Crippen molar-refractivity contribution < 1.29 is 4.79 Å². The molecule has 0 aliphatic heterocycles. The van der Waals surface area contributed by atoms with Crippen molar-refractivity contribution in [2.75, 3.05) is 0 Å². The van der Waals surface area contributed by atoms with Crippen LogP contribution in [0.1, 0.15) is 63.0 Å². The third-order valence-corrected chi connectivity index (χ3v) is 6.13. The molecular weight excluding hydrogens is 248 g/mol. The van der Waals surface area contributed by atoms with Crippen molar-refractivity contribution in [2.45, 2.75) is 52.4 Å². The first kappa shape index (κ1) is 12.6. The molecule has 4 aliphatic carbocycles. The first-order valence-corrected chi connectivity index (χ1v) is 7.86. The van der Waals surface area contributed by atoms with Crippen LogP contribution in [0.2, 0.25) is 0 Å². The highest BCUT2D eigenvalue weighted by molar-refractivity contribution is 5.98. The zero-order valence-electron chi connectivity index (χ0n) is 12.8. The van der Waals surface area contributed by atoms with Crippen LogP contribution in [-0.2, 0) is 7.05 Å². The number of Topliss-reactive ketones (excluding diaryl/α,β-unsaturated/α-hetero) is 1. The van der Waals surface area contributed by atoms with Crippen LogP contribution >= 0.6 is 0 Å². The van der Waals surface area contributed by atoms with E-state index < -0.39 is 0 Å². The summed E-state index contributed by atoms with van der Waals surface area (Å²) < 4.78 is 1.89. The van der Waals surface area contributed by atoms with E-state index >= 15 is 0 Å². The standard InChI is InChI=1S/C17H24N2O/c1-15-6-12-7-16(2,9-15)11-17(8-12,10-15)13(20)14-18-4-5-19(14)3/h4-5,12H,6-11H2,1-3H3. The minimum absolute atomic E-state index is 0.123. The van der Waals surface area contributed by atoms with Gasteiger partial charge in [0.05, 0.1) is 0 Å². The van der Waals surface area contributed by atoms with Gasteiger partial charge in [-0.15, -0.1) is 0 Å². The summed E-state index contributed by atoms with van der Waals surface area (Å²) in [7, 11) is 1.93. The molecule has 20 heavy (non-hydrogen) atoms. The Hall–Kier alpha value is -1.12. The number of hydrogen-bond donors (Lipinski definition) is 0. The molecule has 4 bridgehead atoms. The van der Waals surface area contributed by atoms with Gasteiger partial charge in [0.1, 0.15) is 0 Å². The topological polar surface area (TPSA) is 34.9 Å². The van der Waals surface area contributed by atoms with Crippen LogP contribution in [0.15, 0.2) is 12.4 Å². The molecule has 3 nitrogen and oxygen atoms in total. The van der Waals surface area contributed by atoms with Crippen LogP contribution in [0.4, 0.5) is 0 Å². The fourth-order valence-electron chi connectivity index (χ4n) is 6.52. The first-order chi connectivity index (χ1) is 9.33. The van der Waals surface area contributed by atoms with E-state index in [1.54, 1.807) is 6.20 Å². The van der Waals surface area contributed by atoms with Crippen LogP contribution in [0.3, 0.4) is 0 Å². The second kappa shape index (κ2) is 3.55. The average Bonchev–Trinajstić information content (AvgIpc) is 2.69. The Labute approximate surface area is 120 Å². The van der Waals surface area contributed by atoms with Crippen molar-refractivity contribution in [3.8, 4) is 0 Å². The Morgan fingerprint density at radius 1 is 1.20 bits per heavy atom. The summed E-state index contributed by atoms with van der Waals surface area (Å²) >= 11 is 0. The zero-order chi connectivity index (χ0) is 14.2. The molecule has 3 heteroatoms. The molecule has 0 amide bonds. The monoisotopic (exact) mass is 272 g/mol. The molecule has 0 spiro atoms. The van der Waals surface area contributed by atoms with E-state index in [1.165, 1.54) is 19.3 Å². The van der Waals surface area contributed by atoms with Gasteiger partial charge in [-0.25, -0.2) is 4.98 Å². The van der Waals surface area contributed by atoms with E-state index in [2.05, 4.69) is 18.8 Å². The predicted octanol–water partition coefficient (Wildman–Crippen LogP) is 3.60. The molecule has 108 valence electrons. The molecule has 0 N–H and O–H groups in total. The Morgan fingerprint density at radius 3 is 2.35 bits per heavy atom. The number of carbonyl (C=O) groups is 1. The van der Waals surface area contributed by atoms with E-state index in [9.17, 15) is 4.79 Å². The fraction of sp³-hybridized carbons (Fsp3) is 0.765. The summed E-state index contributed by atoms with van der Waals surface area (Å²) in [5.41, 5.74) is 0.645. The van der Waals surface area contributed by atoms with E-state index in [0.717, 1.165) is 25.2 Å². The number of carbonyl (C=O) groups excluding carboxylic acids is 1. The lowest BCUT2D eigenvalue weighted by atomic mass is 9.39. The molecule has 2 unspecified atom stereocenters. The Morgan fingerprint density at radius 2 is 1.85 bits per heavy atom. The van der Waals surface area contributed by atoms with Gasteiger partial charge < -0.3 is 4.57 Å². The van der Waals surface area contributed by atoms with Crippen molar-refractivity contribution in [3.05, 3.63) is 18.2 Å². The Kier molecular flexibility index (Phi) is 2.24. The molecule has 0 radical (unpaired) electrons. The molecule has 1 aromatic heterocycles. The molecule has 4 aliphatic rings. The van der Waals surface area contributed by atoms with Crippen LogP contribution in [0.5, 0.6) is 0 Å². The highest BCUT2D eigenvalue weighted by Gasteiger charge is 2.63. The number of nitrogens with zero attached hydrogens (tertiary/aromatic N) is 2. The van der Waals surface area contributed by atoms with Gasteiger partial charge in [0.2, 0.25) is 5.78 Å². The number of aromatic nitrogens is 2. The van der Waals surface area contributed by atoms with Crippen LogP contribution < -0.4 is 0 Å². The summed E-state index contributed by atoms with van der Waals surface area (Å²) in [4.78, 5) is 17.5. The minimum Gasteiger partial charge on any atom is -0.332 e. The van der Waals surface area contributed by atoms with Gasteiger partial charge in [-0.3, -0.25) is 4.79 Å². The van der Waals surface area contributed by atoms with Gasteiger partial charge in [-0.2, -0.15) is 0 Å². The SMILES string of the molecule is Cn1ccnc1C(=O)C12CC3CC(C)(CC(C)(C3)C1)C2. The van der Waals surface area contributed by atoms with Gasteiger partial charge in [-0.05, 0) is 55.3 Å². The molecule has 0 aromatic carbocycles. The summed E-state index contributed by atoms with van der Waals surface area (Å²) in [5.74, 6) is 1.73. The second-order valence-corrected chi connectivity index (χ2v) is 8.60. The summed E-state index contributed by atoms with van der Waals surface area (Å²) in [6.07, 6.45) is 10.9.